The zero-order chi connectivity index (χ0) is 15.3. The van der Waals surface area contributed by atoms with Crippen molar-refractivity contribution in [1.82, 2.24) is 4.72 Å². The average molecular weight is 306 g/mol. The van der Waals surface area contributed by atoms with Crippen molar-refractivity contribution < 1.29 is 13.2 Å². The Bertz CT molecular complexity index is 700. The number of ether oxygens (including phenoxy) is 1. The van der Waals surface area contributed by atoms with Gasteiger partial charge in [-0.15, -0.1) is 0 Å². The third-order valence-electron chi connectivity index (χ3n) is 3.06. The SMILES string of the molecule is COc1ccc(CN)cc1S(=O)(=O)NCc1ccccc1. The second kappa shape index (κ2) is 6.71. The van der Waals surface area contributed by atoms with Crippen LogP contribution in [0.3, 0.4) is 0 Å². The van der Waals surface area contributed by atoms with Crippen molar-refractivity contribution in [3.8, 4) is 5.75 Å². The number of nitrogens with one attached hydrogen (secondary N) is 1. The quantitative estimate of drug-likeness (QED) is 0.850. The van der Waals surface area contributed by atoms with Crippen LogP contribution in [0.5, 0.6) is 5.75 Å². The first-order valence-electron chi connectivity index (χ1n) is 6.47. The molecule has 0 saturated heterocycles. The Morgan fingerprint density at radius 1 is 1.10 bits per heavy atom. The Hall–Kier alpha value is -1.89. The van der Waals surface area contributed by atoms with Gasteiger partial charge >= 0.3 is 0 Å². The summed E-state index contributed by atoms with van der Waals surface area (Å²) >= 11 is 0. The number of benzene rings is 2. The molecule has 0 amide bonds. The van der Waals surface area contributed by atoms with Gasteiger partial charge in [-0.1, -0.05) is 36.4 Å². The smallest absolute Gasteiger partial charge is 0.244 e. The Morgan fingerprint density at radius 2 is 1.81 bits per heavy atom. The van der Waals surface area contributed by atoms with Gasteiger partial charge in [0.1, 0.15) is 10.6 Å². The molecule has 0 aromatic heterocycles. The van der Waals surface area contributed by atoms with E-state index in [-0.39, 0.29) is 18.0 Å². The molecule has 112 valence electrons. The van der Waals surface area contributed by atoms with Crippen molar-refractivity contribution in [1.29, 1.82) is 0 Å². The minimum absolute atomic E-state index is 0.101. The molecule has 0 atom stereocenters. The first-order chi connectivity index (χ1) is 10.1. The predicted octanol–water partition coefficient (Wildman–Crippen LogP) is 1.63. The van der Waals surface area contributed by atoms with Gasteiger partial charge in [-0.3, -0.25) is 0 Å². The first kappa shape index (κ1) is 15.5. The third kappa shape index (κ3) is 3.81. The van der Waals surface area contributed by atoms with Crippen LogP contribution in [0.1, 0.15) is 11.1 Å². The molecule has 0 spiro atoms. The minimum Gasteiger partial charge on any atom is -0.495 e. The Balaban J connectivity index is 2.26. The van der Waals surface area contributed by atoms with Crippen molar-refractivity contribution in [3.63, 3.8) is 0 Å². The normalized spacial score (nSPS) is 11.3. The molecule has 21 heavy (non-hydrogen) atoms. The van der Waals surface area contributed by atoms with Crippen molar-refractivity contribution in [3.05, 3.63) is 59.7 Å². The van der Waals surface area contributed by atoms with Gasteiger partial charge in [-0.2, -0.15) is 0 Å². The second-order valence-electron chi connectivity index (χ2n) is 4.50. The highest BCUT2D eigenvalue weighted by molar-refractivity contribution is 7.89. The van der Waals surface area contributed by atoms with Gasteiger partial charge in [-0.25, -0.2) is 13.1 Å². The lowest BCUT2D eigenvalue weighted by Crippen LogP contribution is -2.24. The monoisotopic (exact) mass is 306 g/mol. The lowest BCUT2D eigenvalue weighted by atomic mass is 10.2. The topological polar surface area (TPSA) is 81.4 Å². The molecule has 0 aliphatic heterocycles. The molecule has 0 unspecified atom stereocenters. The molecule has 3 N–H and O–H groups in total. The number of hydrogen-bond acceptors (Lipinski definition) is 4. The highest BCUT2D eigenvalue weighted by atomic mass is 32.2. The summed E-state index contributed by atoms with van der Waals surface area (Å²) < 4.78 is 32.5. The summed E-state index contributed by atoms with van der Waals surface area (Å²) in [5.41, 5.74) is 7.18. The van der Waals surface area contributed by atoms with Gasteiger partial charge in [0.25, 0.3) is 0 Å². The van der Waals surface area contributed by atoms with Crippen LogP contribution in [0.4, 0.5) is 0 Å². The van der Waals surface area contributed by atoms with E-state index in [1.54, 1.807) is 12.1 Å². The van der Waals surface area contributed by atoms with Crippen LogP contribution in [-0.4, -0.2) is 15.5 Å². The van der Waals surface area contributed by atoms with Crippen LogP contribution in [0, 0.1) is 0 Å². The summed E-state index contributed by atoms with van der Waals surface area (Å²) in [6.07, 6.45) is 0. The van der Waals surface area contributed by atoms with E-state index in [0.29, 0.717) is 5.75 Å². The number of sulfonamides is 1. The number of rotatable bonds is 6. The summed E-state index contributed by atoms with van der Waals surface area (Å²) in [6, 6.07) is 14.2. The van der Waals surface area contributed by atoms with E-state index in [0.717, 1.165) is 11.1 Å². The summed E-state index contributed by atoms with van der Waals surface area (Å²) in [7, 11) is -2.23. The molecule has 5 nitrogen and oxygen atoms in total. The van der Waals surface area contributed by atoms with E-state index in [4.69, 9.17) is 10.5 Å². The van der Waals surface area contributed by atoms with Gasteiger partial charge in [-0.05, 0) is 23.3 Å². The molecule has 0 aliphatic rings. The molecule has 2 aromatic carbocycles. The molecule has 0 fully saturated rings. The maximum Gasteiger partial charge on any atom is 0.244 e. The van der Waals surface area contributed by atoms with E-state index in [2.05, 4.69) is 4.72 Å². The number of hydrogen-bond donors (Lipinski definition) is 2. The summed E-state index contributed by atoms with van der Waals surface area (Å²) in [6.45, 7) is 0.490. The Labute approximate surface area is 124 Å². The minimum atomic E-state index is -3.66. The maximum atomic E-state index is 12.4. The van der Waals surface area contributed by atoms with Crippen LogP contribution in [0.25, 0.3) is 0 Å². The highest BCUT2D eigenvalue weighted by Crippen LogP contribution is 2.24. The number of nitrogens with two attached hydrogens (primary N) is 1. The first-order valence-corrected chi connectivity index (χ1v) is 7.95. The van der Waals surface area contributed by atoms with Gasteiger partial charge in [0.15, 0.2) is 0 Å². The molecule has 2 aromatic rings. The van der Waals surface area contributed by atoms with E-state index in [1.165, 1.54) is 13.2 Å². The summed E-state index contributed by atoms with van der Waals surface area (Å²) in [4.78, 5) is 0.101. The fourth-order valence-electron chi connectivity index (χ4n) is 1.91. The van der Waals surface area contributed by atoms with E-state index >= 15 is 0 Å². The fraction of sp³-hybridized carbons (Fsp3) is 0.200. The molecule has 0 saturated carbocycles. The molecule has 0 heterocycles. The molecular weight excluding hydrogens is 288 g/mol. The highest BCUT2D eigenvalue weighted by Gasteiger charge is 2.19. The Morgan fingerprint density at radius 3 is 2.43 bits per heavy atom. The van der Waals surface area contributed by atoms with E-state index < -0.39 is 10.0 Å². The molecule has 6 heteroatoms. The largest absolute Gasteiger partial charge is 0.495 e. The average Bonchev–Trinajstić information content (AvgIpc) is 2.53. The standard InChI is InChI=1S/C15H18N2O3S/c1-20-14-8-7-13(10-16)9-15(14)21(18,19)17-11-12-5-3-2-4-6-12/h2-9,17H,10-11,16H2,1H3. The van der Waals surface area contributed by atoms with E-state index in [9.17, 15) is 8.42 Å². The summed E-state index contributed by atoms with van der Waals surface area (Å²) in [5, 5.41) is 0. The molecule has 2 rings (SSSR count). The zero-order valence-electron chi connectivity index (χ0n) is 11.7. The third-order valence-corrected chi connectivity index (χ3v) is 4.48. The van der Waals surface area contributed by atoms with Gasteiger partial charge in [0.2, 0.25) is 10.0 Å². The van der Waals surface area contributed by atoms with E-state index in [1.807, 2.05) is 30.3 Å². The van der Waals surface area contributed by atoms with Crippen molar-refractivity contribution >= 4 is 10.0 Å². The predicted molar refractivity (Wildman–Crippen MR) is 81.4 cm³/mol. The van der Waals surface area contributed by atoms with Crippen LogP contribution >= 0.6 is 0 Å². The summed E-state index contributed by atoms with van der Waals surface area (Å²) in [5.74, 6) is 0.299. The molecule has 0 aliphatic carbocycles. The lowest BCUT2D eigenvalue weighted by Gasteiger charge is -2.12. The van der Waals surface area contributed by atoms with Crippen molar-refractivity contribution in [2.45, 2.75) is 18.0 Å². The van der Waals surface area contributed by atoms with Crippen LogP contribution in [-0.2, 0) is 23.1 Å². The van der Waals surface area contributed by atoms with Crippen molar-refractivity contribution in [2.24, 2.45) is 5.73 Å². The van der Waals surface area contributed by atoms with Crippen LogP contribution < -0.4 is 15.2 Å². The molecular formula is C15H18N2O3S. The number of methoxy groups -OCH3 is 1. The fourth-order valence-corrected chi connectivity index (χ4v) is 3.14. The molecule has 0 bridgehead atoms. The van der Waals surface area contributed by atoms with Crippen molar-refractivity contribution in [2.75, 3.05) is 7.11 Å². The van der Waals surface area contributed by atoms with Crippen LogP contribution in [0.2, 0.25) is 0 Å². The second-order valence-corrected chi connectivity index (χ2v) is 6.23. The maximum absolute atomic E-state index is 12.4. The molecule has 0 radical (unpaired) electrons. The zero-order valence-corrected chi connectivity index (χ0v) is 12.6. The van der Waals surface area contributed by atoms with Gasteiger partial charge in [0.05, 0.1) is 7.11 Å². The van der Waals surface area contributed by atoms with Crippen LogP contribution in [0.15, 0.2) is 53.4 Å². The van der Waals surface area contributed by atoms with Gasteiger partial charge in [0, 0.05) is 13.1 Å². The Kier molecular flexibility index (Phi) is 4.95. The van der Waals surface area contributed by atoms with Gasteiger partial charge < -0.3 is 10.5 Å². The lowest BCUT2D eigenvalue weighted by molar-refractivity contribution is 0.402.